The number of quaternary nitrogens is 1. The SMILES string of the molecule is CC[N+](C)(CC)C1(C(=O)Nc2c(C)cc(Cl)cc2C(=O)OC)CC1. The van der Waals surface area contributed by atoms with Crippen molar-refractivity contribution >= 4 is 29.2 Å². The predicted molar refractivity (Wildman–Crippen MR) is 95.4 cm³/mol. The van der Waals surface area contributed by atoms with Gasteiger partial charge in [0, 0.05) is 17.9 Å². The number of carbonyl (C=O) groups is 2. The van der Waals surface area contributed by atoms with Crippen molar-refractivity contribution in [1.29, 1.82) is 0 Å². The van der Waals surface area contributed by atoms with Crippen molar-refractivity contribution in [1.82, 2.24) is 0 Å². The van der Waals surface area contributed by atoms with Gasteiger partial charge in [-0.2, -0.15) is 0 Å². The van der Waals surface area contributed by atoms with E-state index in [1.165, 1.54) is 13.2 Å². The molecular weight excluding hydrogens is 328 g/mol. The van der Waals surface area contributed by atoms with Crippen LogP contribution in [0, 0.1) is 6.92 Å². The van der Waals surface area contributed by atoms with Crippen LogP contribution >= 0.6 is 11.6 Å². The maximum absolute atomic E-state index is 13.0. The quantitative estimate of drug-likeness (QED) is 0.630. The molecule has 0 bridgehead atoms. The number of esters is 1. The number of ether oxygens (including phenoxy) is 1. The highest BCUT2D eigenvalue weighted by atomic mass is 35.5. The van der Waals surface area contributed by atoms with Crippen molar-refractivity contribution in [2.75, 3.05) is 32.6 Å². The number of aryl methyl sites for hydroxylation is 1. The first kappa shape index (κ1) is 18.7. The Morgan fingerprint density at radius 3 is 2.33 bits per heavy atom. The van der Waals surface area contributed by atoms with Crippen molar-refractivity contribution in [3.05, 3.63) is 28.3 Å². The van der Waals surface area contributed by atoms with Gasteiger partial charge in [-0.25, -0.2) is 4.79 Å². The molecular formula is C18H26ClN2O3+. The molecule has 1 N–H and O–H groups in total. The number of halogens is 1. The van der Waals surface area contributed by atoms with Crippen molar-refractivity contribution in [2.24, 2.45) is 0 Å². The molecule has 1 aromatic carbocycles. The van der Waals surface area contributed by atoms with Gasteiger partial charge < -0.3 is 14.5 Å². The molecule has 132 valence electrons. The molecule has 0 saturated heterocycles. The van der Waals surface area contributed by atoms with E-state index in [0.29, 0.717) is 15.2 Å². The minimum Gasteiger partial charge on any atom is -0.465 e. The zero-order valence-electron chi connectivity index (χ0n) is 15.0. The van der Waals surface area contributed by atoms with Gasteiger partial charge in [0.25, 0.3) is 5.91 Å². The van der Waals surface area contributed by atoms with E-state index in [1.807, 2.05) is 6.92 Å². The maximum atomic E-state index is 13.0. The summed E-state index contributed by atoms with van der Waals surface area (Å²) < 4.78 is 5.52. The lowest BCUT2D eigenvalue weighted by molar-refractivity contribution is -0.931. The molecule has 0 spiro atoms. The van der Waals surface area contributed by atoms with E-state index in [2.05, 4.69) is 26.2 Å². The maximum Gasteiger partial charge on any atom is 0.340 e. The van der Waals surface area contributed by atoms with Gasteiger partial charge in [-0.3, -0.25) is 4.79 Å². The summed E-state index contributed by atoms with van der Waals surface area (Å²) >= 11 is 6.06. The first-order chi connectivity index (χ1) is 11.2. The van der Waals surface area contributed by atoms with Gasteiger partial charge in [0.05, 0.1) is 38.5 Å². The van der Waals surface area contributed by atoms with E-state index in [1.54, 1.807) is 6.07 Å². The summed E-state index contributed by atoms with van der Waals surface area (Å²) in [6, 6.07) is 3.26. The standard InChI is InChI=1S/C18H25ClN2O3/c1-6-21(4,7-2)18(8-9-18)17(23)20-15-12(3)10-13(19)11-14(15)16(22)24-5/h10-11H,6-9H2,1-5H3/p+1. The third-order valence-corrected chi connectivity index (χ3v) is 5.74. The van der Waals surface area contributed by atoms with Crippen LogP contribution in [-0.2, 0) is 9.53 Å². The Labute approximate surface area is 148 Å². The highest BCUT2D eigenvalue weighted by Crippen LogP contribution is 2.47. The Morgan fingerprint density at radius 1 is 1.29 bits per heavy atom. The Hall–Kier alpha value is -1.59. The average molecular weight is 354 g/mol. The second kappa shape index (κ2) is 6.73. The van der Waals surface area contributed by atoms with Gasteiger partial charge in [0.2, 0.25) is 0 Å². The number of hydrogen-bond acceptors (Lipinski definition) is 3. The minimum atomic E-state index is -0.510. The van der Waals surface area contributed by atoms with Gasteiger partial charge >= 0.3 is 5.97 Å². The first-order valence-corrected chi connectivity index (χ1v) is 8.67. The Morgan fingerprint density at radius 2 is 1.88 bits per heavy atom. The summed E-state index contributed by atoms with van der Waals surface area (Å²) in [4.78, 5) is 25.1. The fourth-order valence-electron chi connectivity index (χ4n) is 3.37. The third kappa shape index (κ3) is 3.03. The molecule has 24 heavy (non-hydrogen) atoms. The van der Waals surface area contributed by atoms with E-state index >= 15 is 0 Å². The van der Waals surface area contributed by atoms with Gasteiger partial charge in [0.1, 0.15) is 0 Å². The number of benzene rings is 1. The Balaban J connectivity index is 2.38. The predicted octanol–water partition coefficient (Wildman–Crippen LogP) is 3.39. The normalized spacial score (nSPS) is 15.8. The van der Waals surface area contributed by atoms with Gasteiger partial charge in [-0.1, -0.05) is 11.6 Å². The lowest BCUT2D eigenvalue weighted by Gasteiger charge is -2.40. The Bertz CT molecular complexity index is 664. The van der Waals surface area contributed by atoms with E-state index in [9.17, 15) is 9.59 Å². The second-order valence-corrected chi connectivity index (χ2v) is 7.09. The number of amides is 1. The first-order valence-electron chi connectivity index (χ1n) is 8.29. The number of methoxy groups -OCH3 is 1. The minimum absolute atomic E-state index is 0.0377. The van der Waals surface area contributed by atoms with Crippen LogP contribution in [0.25, 0.3) is 0 Å². The third-order valence-electron chi connectivity index (χ3n) is 5.52. The van der Waals surface area contributed by atoms with E-state index in [4.69, 9.17) is 16.3 Å². The number of hydrogen-bond donors (Lipinski definition) is 1. The summed E-state index contributed by atoms with van der Waals surface area (Å²) in [5.74, 6) is -0.548. The summed E-state index contributed by atoms with van der Waals surface area (Å²) in [6.07, 6.45) is 1.72. The van der Waals surface area contributed by atoms with Crippen LogP contribution in [0.15, 0.2) is 12.1 Å². The second-order valence-electron chi connectivity index (χ2n) is 6.65. The van der Waals surface area contributed by atoms with E-state index in [0.717, 1.165) is 31.5 Å². The molecule has 0 aliphatic heterocycles. The molecule has 1 aliphatic carbocycles. The highest BCUT2D eigenvalue weighted by Gasteiger charge is 2.63. The van der Waals surface area contributed by atoms with Gasteiger partial charge in [0.15, 0.2) is 5.54 Å². The molecule has 6 heteroatoms. The van der Waals surface area contributed by atoms with Crippen molar-refractivity contribution in [3.63, 3.8) is 0 Å². The molecule has 0 unspecified atom stereocenters. The van der Waals surface area contributed by atoms with Crippen molar-refractivity contribution in [2.45, 2.75) is 39.2 Å². The number of carbonyl (C=O) groups excluding carboxylic acids is 2. The number of anilines is 1. The summed E-state index contributed by atoms with van der Waals surface area (Å²) in [5, 5.41) is 3.42. The lowest BCUT2D eigenvalue weighted by Crippen LogP contribution is -2.59. The van der Waals surface area contributed by atoms with Crippen molar-refractivity contribution in [3.8, 4) is 0 Å². The molecule has 0 aromatic heterocycles. The molecule has 1 aliphatic rings. The average Bonchev–Trinajstić information content (AvgIpc) is 3.37. The van der Waals surface area contributed by atoms with Crippen LogP contribution in [0.4, 0.5) is 5.69 Å². The molecule has 2 rings (SSSR count). The molecule has 0 atom stereocenters. The number of nitrogens with zero attached hydrogens (tertiary/aromatic N) is 1. The van der Waals surface area contributed by atoms with Crippen LogP contribution in [-0.4, -0.2) is 49.1 Å². The fourth-order valence-corrected chi connectivity index (χ4v) is 3.64. The van der Waals surface area contributed by atoms with E-state index in [-0.39, 0.29) is 11.5 Å². The molecule has 1 amide bonds. The lowest BCUT2D eigenvalue weighted by atomic mass is 10.1. The van der Waals surface area contributed by atoms with Crippen LogP contribution in [0.5, 0.6) is 0 Å². The molecule has 1 saturated carbocycles. The van der Waals surface area contributed by atoms with Crippen LogP contribution < -0.4 is 5.32 Å². The number of nitrogens with one attached hydrogen (secondary N) is 1. The van der Waals surface area contributed by atoms with Crippen LogP contribution in [0.2, 0.25) is 5.02 Å². The molecule has 0 radical (unpaired) electrons. The molecule has 5 nitrogen and oxygen atoms in total. The molecule has 1 aromatic rings. The molecule has 0 heterocycles. The number of rotatable bonds is 6. The highest BCUT2D eigenvalue weighted by molar-refractivity contribution is 6.31. The smallest absolute Gasteiger partial charge is 0.340 e. The number of likely N-dealkylation sites (N-methyl/N-ethyl adjacent to an activating group) is 1. The van der Waals surface area contributed by atoms with Crippen molar-refractivity contribution < 1.29 is 18.8 Å². The van der Waals surface area contributed by atoms with Crippen LogP contribution in [0.1, 0.15) is 42.6 Å². The fraction of sp³-hybridized carbons (Fsp3) is 0.556. The Kier molecular flexibility index (Phi) is 5.25. The monoisotopic (exact) mass is 353 g/mol. The van der Waals surface area contributed by atoms with Gasteiger partial charge in [-0.05, 0) is 38.5 Å². The topological polar surface area (TPSA) is 55.4 Å². The summed E-state index contributed by atoms with van der Waals surface area (Å²) in [7, 11) is 3.43. The summed E-state index contributed by atoms with van der Waals surface area (Å²) in [5.41, 5.74) is 1.10. The van der Waals surface area contributed by atoms with Gasteiger partial charge in [-0.15, -0.1) is 0 Å². The summed E-state index contributed by atoms with van der Waals surface area (Å²) in [6.45, 7) is 7.79. The zero-order valence-corrected chi connectivity index (χ0v) is 15.8. The van der Waals surface area contributed by atoms with Crippen LogP contribution in [0.3, 0.4) is 0 Å². The molecule has 1 fully saturated rings. The largest absolute Gasteiger partial charge is 0.465 e. The van der Waals surface area contributed by atoms with E-state index < -0.39 is 11.5 Å². The zero-order chi connectivity index (χ0) is 18.1.